The van der Waals surface area contributed by atoms with Crippen molar-refractivity contribution in [2.24, 2.45) is 0 Å². The van der Waals surface area contributed by atoms with Gasteiger partial charge < -0.3 is 10.6 Å². The Morgan fingerprint density at radius 3 is 2.32 bits per heavy atom. The minimum Gasteiger partial charge on any atom is -0.363 e. The summed E-state index contributed by atoms with van der Waals surface area (Å²) in [4.78, 5) is 12.8. The zero-order chi connectivity index (χ0) is 22.2. The third-order valence-corrected chi connectivity index (χ3v) is 5.54. The molecule has 0 saturated carbocycles. The molecular formula is C23H23F3N4O. The van der Waals surface area contributed by atoms with Crippen LogP contribution in [0.15, 0.2) is 54.7 Å². The molecule has 162 valence electrons. The number of nitrogens with one attached hydrogen (secondary N) is 2. The lowest BCUT2D eigenvalue weighted by Gasteiger charge is -2.34. The van der Waals surface area contributed by atoms with E-state index in [1.54, 1.807) is 0 Å². The number of hydrogen-bond acceptors (Lipinski definition) is 3. The molecule has 4 rings (SSSR count). The van der Waals surface area contributed by atoms with E-state index in [1.807, 2.05) is 62.4 Å². The van der Waals surface area contributed by atoms with Crippen molar-refractivity contribution in [1.82, 2.24) is 15.1 Å². The fourth-order valence-corrected chi connectivity index (χ4v) is 3.73. The van der Waals surface area contributed by atoms with Gasteiger partial charge in [-0.05, 0) is 25.0 Å². The second-order valence-electron chi connectivity index (χ2n) is 7.92. The topological polar surface area (TPSA) is 59.0 Å². The summed E-state index contributed by atoms with van der Waals surface area (Å²) in [6.45, 7) is 4.16. The first-order chi connectivity index (χ1) is 14.7. The Bertz CT molecular complexity index is 1070. The molecule has 0 bridgehead atoms. The highest BCUT2D eigenvalue weighted by atomic mass is 19.4. The molecule has 0 fully saturated rings. The van der Waals surface area contributed by atoms with E-state index in [2.05, 4.69) is 15.7 Å². The number of nitrogens with zero attached hydrogens (tertiary/aromatic N) is 2. The van der Waals surface area contributed by atoms with E-state index in [0.29, 0.717) is 0 Å². The van der Waals surface area contributed by atoms with Gasteiger partial charge in [-0.2, -0.15) is 18.3 Å². The lowest BCUT2D eigenvalue weighted by atomic mass is 9.96. The van der Waals surface area contributed by atoms with Gasteiger partial charge in [-0.15, -0.1) is 0 Å². The molecule has 5 nitrogen and oxygen atoms in total. The Morgan fingerprint density at radius 1 is 1.10 bits per heavy atom. The first-order valence-electron chi connectivity index (χ1n) is 10.0. The lowest BCUT2D eigenvalue weighted by molar-refractivity contribution is -0.173. The summed E-state index contributed by atoms with van der Waals surface area (Å²) >= 11 is 0. The van der Waals surface area contributed by atoms with Crippen LogP contribution in [0.5, 0.6) is 0 Å². The Labute approximate surface area is 178 Å². The van der Waals surface area contributed by atoms with Crippen molar-refractivity contribution in [2.45, 2.75) is 45.1 Å². The molecule has 1 aliphatic rings. The van der Waals surface area contributed by atoms with Crippen molar-refractivity contribution in [3.8, 4) is 0 Å². The van der Waals surface area contributed by atoms with Crippen molar-refractivity contribution >= 4 is 11.7 Å². The van der Waals surface area contributed by atoms with Crippen LogP contribution < -0.4 is 10.6 Å². The Kier molecular flexibility index (Phi) is 5.47. The summed E-state index contributed by atoms with van der Waals surface area (Å²) in [5.41, 5.74) is 3.86. The van der Waals surface area contributed by atoms with E-state index < -0.39 is 24.2 Å². The summed E-state index contributed by atoms with van der Waals surface area (Å²) in [6.07, 6.45) is -3.49. The SMILES string of the molecule is Cc1ccc(CNC(=O)c2cnn3c2N[C@H](c2ccc(C)cc2)C[C@@H]3C(F)(F)F)cc1. The Hall–Kier alpha value is -3.29. The van der Waals surface area contributed by atoms with E-state index in [4.69, 9.17) is 0 Å². The van der Waals surface area contributed by atoms with Gasteiger partial charge in [0.25, 0.3) is 5.91 Å². The minimum atomic E-state index is -4.48. The molecule has 8 heteroatoms. The molecule has 2 N–H and O–H groups in total. The zero-order valence-corrected chi connectivity index (χ0v) is 17.2. The number of benzene rings is 2. The highest BCUT2D eigenvalue weighted by Gasteiger charge is 2.47. The van der Waals surface area contributed by atoms with Gasteiger partial charge in [-0.1, -0.05) is 59.7 Å². The molecule has 0 saturated heterocycles. The third kappa shape index (κ3) is 4.42. The molecule has 2 heterocycles. The molecular weight excluding hydrogens is 405 g/mol. The zero-order valence-electron chi connectivity index (χ0n) is 17.2. The van der Waals surface area contributed by atoms with E-state index >= 15 is 0 Å². The molecule has 0 spiro atoms. The maximum absolute atomic E-state index is 13.8. The highest BCUT2D eigenvalue weighted by Crippen LogP contribution is 2.44. The fraction of sp³-hybridized carbons (Fsp3) is 0.304. The maximum atomic E-state index is 13.8. The van der Waals surface area contributed by atoms with Crippen LogP contribution in [0, 0.1) is 13.8 Å². The summed E-state index contributed by atoms with van der Waals surface area (Å²) < 4.78 is 42.3. The Balaban J connectivity index is 1.60. The van der Waals surface area contributed by atoms with E-state index in [0.717, 1.165) is 26.9 Å². The number of fused-ring (bicyclic) bond motifs is 1. The maximum Gasteiger partial charge on any atom is 0.410 e. The molecule has 31 heavy (non-hydrogen) atoms. The average molecular weight is 428 g/mol. The number of carbonyl (C=O) groups is 1. The van der Waals surface area contributed by atoms with E-state index in [1.165, 1.54) is 6.20 Å². The van der Waals surface area contributed by atoms with Crippen LogP contribution in [0.3, 0.4) is 0 Å². The molecule has 3 aromatic rings. The molecule has 0 aliphatic carbocycles. The van der Waals surface area contributed by atoms with Crippen molar-refractivity contribution in [2.75, 3.05) is 5.32 Å². The summed E-state index contributed by atoms with van der Waals surface area (Å²) in [6, 6.07) is 12.6. The van der Waals surface area contributed by atoms with Crippen molar-refractivity contribution < 1.29 is 18.0 Å². The second-order valence-corrected chi connectivity index (χ2v) is 7.92. The fourth-order valence-electron chi connectivity index (χ4n) is 3.73. The third-order valence-electron chi connectivity index (χ3n) is 5.54. The number of aryl methyl sites for hydroxylation is 2. The van der Waals surface area contributed by atoms with Crippen molar-refractivity contribution in [3.63, 3.8) is 0 Å². The first kappa shape index (κ1) is 21.0. The Morgan fingerprint density at radius 2 is 1.71 bits per heavy atom. The van der Waals surface area contributed by atoms with Gasteiger partial charge in [0.1, 0.15) is 11.4 Å². The minimum absolute atomic E-state index is 0.0838. The number of anilines is 1. The second kappa shape index (κ2) is 8.09. The largest absolute Gasteiger partial charge is 0.410 e. The lowest BCUT2D eigenvalue weighted by Crippen LogP contribution is -2.36. The number of hydrogen-bond donors (Lipinski definition) is 2. The van der Waals surface area contributed by atoms with Crippen LogP contribution in [-0.4, -0.2) is 21.9 Å². The van der Waals surface area contributed by atoms with Gasteiger partial charge in [0.05, 0.1) is 12.2 Å². The van der Waals surface area contributed by atoms with Crippen LogP contribution in [0.25, 0.3) is 0 Å². The molecule has 1 aromatic heterocycles. The molecule has 1 amide bonds. The first-order valence-corrected chi connectivity index (χ1v) is 10.0. The summed E-state index contributed by atoms with van der Waals surface area (Å²) in [7, 11) is 0. The van der Waals surface area contributed by atoms with Crippen LogP contribution in [0.2, 0.25) is 0 Å². The molecule has 0 unspecified atom stereocenters. The number of alkyl halides is 3. The monoisotopic (exact) mass is 428 g/mol. The van der Waals surface area contributed by atoms with Crippen molar-refractivity contribution in [1.29, 1.82) is 0 Å². The van der Waals surface area contributed by atoms with Crippen LogP contribution in [0.4, 0.5) is 19.0 Å². The summed E-state index contributed by atoms with van der Waals surface area (Å²) in [5.74, 6) is -0.389. The number of aromatic nitrogens is 2. The van der Waals surface area contributed by atoms with Gasteiger partial charge in [0.2, 0.25) is 0 Å². The molecule has 1 aliphatic heterocycles. The number of rotatable bonds is 4. The highest BCUT2D eigenvalue weighted by molar-refractivity contribution is 5.98. The quantitative estimate of drug-likeness (QED) is 0.609. The van der Waals surface area contributed by atoms with E-state index in [-0.39, 0.29) is 24.3 Å². The van der Waals surface area contributed by atoms with Crippen LogP contribution in [0.1, 0.15) is 51.1 Å². The molecule has 0 radical (unpaired) electrons. The van der Waals surface area contributed by atoms with Gasteiger partial charge >= 0.3 is 6.18 Å². The molecule has 2 aromatic carbocycles. The number of halogens is 3. The van der Waals surface area contributed by atoms with Crippen LogP contribution in [-0.2, 0) is 6.54 Å². The van der Waals surface area contributed by atoms with Gasteiger partial charge in [-0.25, -0.2) is 4.68 Å². The standard InChI is InChI=1S/C23H23F3N4O/c1-14-3-7-16(8-4-14)12-27-22(31)18-13-28-30-20(23(24,25)26)11-19(29-21(18)30)17-9-5-15(2)6-10-17/h3-10,13,19-20,29H,11-12H2,1-2H3,(H,27,31)/t19-,20+/m0/s1. The predicted octanol–water partition coefficient (Wildman–Crippen LogP) is 5.09. The predicted molar refractivity (Wildman–Crippen MR) is 112 cm³/mol. The molecule has 2 atom stereocenters. The van der Waals surface area contributed by atoms with Gasteiger partial charge in [0.15, 0.2) is 6.04 Å². The smallest absolute Gasteiger partial charge is 0.363 e. The van der Waals surface area contributed by atoms with Crippen molar-refractivity contribution in [3.05, 3.63) is 82.5 Å². The van der Waals surface area contributed by atoms with E-state index in [9.17, 15) is 18.0 Å². The number of carbonyl (C=O) groups excluding carboxylic acids is 1. The average Bonchev–Trinajstić information content (AvgIpc) is 3.16. The van der Waals surface area contributed by atoms with Gasteiger partial charge in [-0.3, -0.25) is 4.79 Å². The normalized spacial score (nSPS) is 18.2. The summed E-state index contributed by atoms with van der Waals surface area (Å²) in [5, 5.41) is 9.79. The van der Waals surface area contributed by atoms with Gasteiger partial charge in [0, 0.05) is 13.0 Å². The van der Waals surface area contributed by atoms with Crippen LogP contribution >= 0.6 is 0 Å². The number of amides is 1.